The van der Waals surface area contributed by atoms with Crippen LogP contribution in [-0.4, -0.2) is 19.2 Å². The van der Waals surface area contributed by atoms with Gasteiger partial charge in [-0.15, -0.1) is 0 Å². The number of ether oxygens (including phenoxy) is 1. The molecule has 0 aliphatic carbocycles. The molecule has 1 aromatic carbocycles. The van der Waals surface area contributed by atoms with E-state index in [0.717, 1.165) is 26.1 Å². The lowest BCUT2D eigenvalue weighted by Crippen LogP contribution is -2.27. The summed E-state index contributed by atoms with van der Waals surface area (Å²) in [5.41, 5.74) is 6.14. The van der Waals surface area contributed by atoms with Gasteiger partial charge in [-0.3, -0.25) is 0 Å². The molecular formula is C22H35NO. The highest BCUT2D eigenvalue weighted by Gasteiger charge is 2.31. The fourth-order valence-electron chi connectivity index (χ4n) is 4.10. The molecule has 0 aromatic heterocycles. The molecule has 2 aliphatic rings. The minimum atomic E-state index is 0.365. The van der Waals surface area contributed by atoms with Crippen LogP contribution in [0.15, 0.2) is 29.8 Å². The smallest absolute Gasteiger partial charge is 0.0726 e. The zero-order valence-corrected chi connectivity index (χ0v) is 16.0. The summed E-state index contributed by atoms with van der Waals surface area (Å²) in [6.45, 7) is 11.6. The van der Waals surface area contributed by atoms with Gasteiger partial charge in [-0.05, 0) is 55.5 Å². The molecule has 0 spiro atoms. The third-order valence-electron chi connectivity index (χ3n) is 5.17. The van der Waals surface area contributed by atoms with Crippen LogP contribution in [0.3, 0.4) is 0 Å². The highest BCUT2D eigenvalue weighted by molar-refractivity contribution is 5.74. The van der Waals surface area contributed by atoms with Gasteiger partial charge in [0.2, 0.25) is 0 Å². The summed E-state index contributed by atoms with van der Waals surface area (Å²) in [6, 6.07) is 8.91. The molecule has 2 aliphatic heterocycles. The number of hydrogen-bond donors (Lipinski definition) is 1. The summed E-state index contributed by atoms with van der Waals surface area (Å²) >= 11 is 0. The molecule has 0 saturated carbocycles. The Balaban J connectivity index is 0.00000100. The van der Waals surface area contributed by atoms with E-state index >= 15 is 0 Å². The van der Waals surface area contributed by atoms with Gasteiger partial charge >= 0.3 is 0 Å². The molecule has 3 rings (SSSR count). The van der Waals surface area contributed by atoms with Crippen LogP contribution < -0.4 is 5.32 Å². The maximum absolute atomic E-state index is 6.32. The molecule has 2 nitrogen and oxygen atoms in total. The van der Waals surface area contributed by atoms with Gasteiger partial charge in [-0.2, -0.15) is 0 Å². The molecule has 2 heterocycles. The van der Waals surface area contributed by atoms with Crippen LogP contribution >= 0.6 is 0 Å². The molecular weight excluding hydrogens is 294 g/mol. The molecule has 134 valence electrons. The highest BCUT2D eigenvalue weighted by Crippen LogP contribution is 2.41. The van der Waals surface area contributed by atoms with E-state index < -0.39 is 0 Å². The van der Waals surface area contributed by atoms with E-state index in [1.54, 1.807) is 11.1 Å². The minimum absolute atomic E-state index is 0.365. The zero-order chi connectivity index (χ0) is 17.4. The normalized spacial score (nSPS) is 23.8. The lowest BCUT2D eigenvalue weighted by Gasteiger charge is -2.30. The Kier molecular flexibility index (Phi) is 8.01. The van der Waals surface area contributed by atoms with Crippen molar-refractivity contribution in [2.75, 3.05) is 13.1 Å². The average molecular weight is 330 g/mol. The predicted molar refractivity (Wildman–Crippen MR) is 104 cm³/mol. The molecule has 0 radical (unpaired) electrons. The Morgan fingerprint density at radius 3 is 2.46 bits per heavy atom. The number of hydrogen-bond acceptors (Lipinski definition) is 2. The number of nitrogens with one attached hydrogen (secondary N) is 1. The van der Waals surface area contributed by atoms with E-state index in [4.69, 9.17) is 4.74 Å². The van der Waals surface area contributed by atoms with Gasteiger partial charge < -0.3 is 10.1 Å². The van der Waals surface area contributed by atoms with Gasteiger partial charge in [0.1, 0.15) is 0 Å². The summed E-state index contributed by atoms with van der Waals surface area (Å²) in [5.74, 6) is 0.562. The molecule has 0 amide bonds. The van der Waals surface area contributed by atoms with Gasteiger partial charge in [0, 0.05) is 5.92 Å². The van der Waals surface area contributed by atoms with Crippen molar-refractivity contribution in [2.45, 2.75) is 72.5 Å². The Morgan fingerprint density at radius 1 is 1.08 bits per heavy atom. The topological polar surface area (TPSA) is 21.3 Å². The zero-order valence-electron chi connectivity index (χ0n) is 16.0. The average Bonchev–Trinajstić information content (AvgIpc) is 2.81. The van der Waals surface area contributed by atoms with Crippen LogP contribution in [0.4, 0.5) is 0 Å². The number of piperidine rings is 1. The second-order valence-electron chi connectivity index (χ2n) is 6.58. The molecule has 1 N–H and O–H groups in total. The van der Waals surface area contributed by atoms with Gasteiger partial charge in [0.05, 0.1) is 12.7 Å². The van der Waals surface area contributed by atoms with Crippen LogP contribution in [0.2, 0.25) is 0 Å². The summed E-state index contributed by atoms with van der Waals surface area (Å²) in [4.78, 5) is 0. The molecule has 2 heteroatoms. The van der Waals surface area contributed by atoms with E-state index in [-0.39, 0.29) is 0 Å². The third kappa shape index (κ3) is 4.29. The second kappa shape index (κ2) is 10.0. The highest BCUT2D eigenvalue weighted by atomic mass is 16.5. The van der Waals surface area contributed by atoms with Crippen molar-refractivity contribution in [3.63, 3.8) is 0 Å². The first-order valence-electron chi connectivity index (χ1n) is 9.97. The van der Waals surface area contributed by atoms with Crippen molar-refractivity contribution in [3.8, 4) is 0 Å². The van der Waals surface area contributed by atoms with Crippen molar-refractivity contribution >= 4 is 5.57 Å². The standard InChI is InChI=1S/C20H29NO.C2H6/c1-3-7-18-19(4-2)22-14-16-8-5-6-9-17(16)20(18)15-10-12-21-13-11-15;1-2/h5-6,8-9,18-19,21H,3-4,7,10-14H2,1-2H3;1-2H3. The second-order valence-corrected chi connectivity index (χ2v) is 6.58. The van der Waals surface area contributed by atoms with E-state index in [2.05, 4.69) is 43.4 Å². The quantitative estimate of drug-likeness (QED) is 0.782. The Morgan fingerprint density at radius 2 is 1.79 bits per heavy atom. The van der Waals surface area contributed by atoms with E-state index in [0.29, 0.717) is 12.0 Å². The summed E-state index contributed by atoms with van der Waals surface area (Å²) in [7, 11) is 0. The number of rotatable bonds is 3. The fourth-order valence-corrected chi connectivity index (χ4v) is 4.10. The van der Waals surface area contributed by atoms with Crippen LogP contribution in [0.5, 0.6) is 0 Å². The summed E-state index contributed by atoms with van der Waals surface area (Å²) in [6.07, 6.45) is 6.32. The predicted octanol–water partition coefficient (Wildman–Crippen LogP) is 5.57. The Labute approximate surface area is 148 Å². The maximum Gasteiger partial charge on any atom is 0.0726 e. The van der Waals surface area contributed by atoms with Gasteiger partial charge in [0.15, 0.2) is 0 Å². The van der Waals surface area contributed by atoms with Crippen molar-refractivity contribution in [1.82, 2.24) is 5.32 Å². The molecule has 24 heavy (non-hydrogen) atoms. The molecule has 1 fully saturated rings. The Hall–Kier alpha value is -1.12. The molecule has 2 atom stereocenters. The van der Waals surface area contributed by atoms with Gasteiger partial charge in [-0.25, -0.2) is 0 Å². The molecule has 2 unspecified atom stereocenters. The van der Waals surface area contributed by atoms with Crippen molar-refractivity contribution in [1.29, 1.82) is 0 Å². The number of fused-ring (bicyclic) bond motifs is 1. The maximum atomic E-state index is 6.32. The third-order valence-corrected chi connectivity index (χ3v) is 5.17. The van der Waals surface area contributed by atoms with E-state index in [9.17, 15) is 0 Å². The summed E-state index contributed by atoms with van der Waals surface area (Å²) < 4.78 is 6.32. The monoisotopic (exact) mass is 329 g/mol. The van der Waals surface area contributed by atoms with Crippen LogP contribution in [-0.2, 0) is 11.3 Å². The van der Waals surface area contributed by atoms with Gasteiger partial charge in [0.25, 0.3) is 0 Å². The SMILES string of the molecule is CC.CCCC1C(=C2CCNCC2)c2ccccc2COC1CC. The van der Waals surface area contributed by atoms with Crippen LogP contribution in [0.25, 0.3) is 5.57 Å². The van der Waals surface area contributed by atoms with Crippen molar-refractivity contribution in [3.05, 3.63) is 41.0 Å². The molecule has 1 aromatic rings. The first-order valence-corrected chi connectivity index (χ1v) is 9.97. The van der Waals surface area contributed by atoms with E-state index in [1.807, 2.05) is 13.8 Å². The lowest BCUT2D eigenvalue weighted by atomic mass is 9.79. The van der Waals surface area contributed by atoms with E-state index in [1.165, 1.54) is 36.8 Å². The Bertz CT molecular complexity index is 527. The fraction of sp³-hybridized carbons (Fsp3) is 0.636. The van der Waals surface area contributed by atoms with Crippen molar-refractivity contribution < 1.29 is 4.74 Å². The molecule has 0 bridgehead atoms. The van der Waals surface area contributed by atoms with Crippen molar-refractivity contribution in [2.24, 2.45) is 5.92 Å². The molecule has 1 saturated heterocycles. The van der Waals surface area contributed by atoms with Crippen LogP contribution in [0, 0.1) is 5.92 Å². The number of benzene rings is 1. The van der Waals surface area contributed by atoms with Crippen LogP contribution in [0.1, 0.15) is 70.9 Å². The first-order chi connectivity index (χ1) is 11.8. The lowest BCUT2D eigenvalue weighted by molar-refractivity contribution is 0.0152. The summed E-state index contributed by atoms with van der Waals surface area (Å²) in [5, 5.41) is 3.50. The first kappa shape index (κ1) is 19.2. The minimum Gasteiger partial charge on any atom is -0.373 e. The largest absolute Gasteiger partial charge is 0.373 e. The van der Waals surface area contributed by atoms with Gasteiger partial charge in [-0.1, -0.05) is 64.0 Å².